The van der Waals surface area contributed by atoms with Crippen LogP contribution in [0.4, 0.5) is 5.69 Å². The lowest BCUT2D eigenvalue weighted by Gasteiger charge is -2.26. The monoisotopic (exact) mass is 617 g/mol. The highest BCUT2D eigenvalue weighted by atomic mass is 32.1. The molecule has 2 heterocycles. The van der Waals surface area contributed by atoms with Crippen molar-refractivity contribution in [2.24, 2.45) is 4.99 Å². The van der Waals surface area contributed by atoms with Crippen molar-refractivity contribution < 1.29 is 19.0 Å². The summed E-state index contributed by atoms with van der Waals surface area (Å²) in [6, 6.07) is 31.3. The summed E-state index contributed by atoms with van der Waals surface area (Å²) in [6.07, 6.45) is 1.83. The van der Waals surface area contributed by atoms with Crippen LogP contribution in [0, 0.1) is 0 Å². The van der Waals surface area contributed by atoms with E-state index in [1.165, 1.54) is 11.3 Å². The van der Waals surface area contributed by atoms with Gasteiger partial charge in [-0.3, -0.25) is 14.2 Å². The highest BCUT2D eigenvalue weighted by Crippen LogP contribution is 2.37. The van der Waals surface area contributed by atoms with E-state index in [-0.39, 0.29) is 11.5 Å². The number of methoxy groups -OCH3 is 2. The van der Waals surface area contributed by atoms with Gasteiger partial charge in [-0.05, 0) is 60.5 Å². The Hall–Kier alpha value is -5.41. The molecule has 0 saturated carbocycles. The fourth-order valence-electron chi connectivity index (χ4n) is 5.22. The molecular formula is C36H31N3O5S. The molecule has 0 bridgehead atoms. The summed E-state index contributed by atoms with van der Waals surface area (Å²) in [5.41, 5.74) is 3.79. The molecule has 1 atom stereocenters. The van der Waals surface area contributed by atoms with Gasteiger partial charge in [0.2, 0.25) is 0 Å². The molecule has 9 heteroatoms. The van der Waals surface area contributed by atoms with Crippen molar-refractivity contribution in [1.29, 1.82) is 0 Å². The Morgan fingerprint density at radius 3 is 2.29 bits per heavy atom. The smallest absolute Gasteiger partial charge is 0.271 e. The van der Waals surface area contributed by atoms with Crippen LogP contribution in [0.1, 0.15) is 29.7 Å². The van der Waals surface area contributed by atoms with E-state index in [1.807, 2.05) is 97.1 Å². The van der Waals surface area contributed by atoms with E-state index >= 15 is 0 Å². The number of hydrogen-bond acceptors (Lipinski definition) is 7. The highest BCUT2D eigenvalue weighted by Gasteiger charge is 2.34. The van der Waals surface area contributed by atoms with E-state index in [0.29, 0.717) is 50.0 Å². The maximum Gasteiger partial charge on any atom is 0.271 e. The lowest BCUT2D eigenvalue weighted by molar-refractivity contribution is -0.113. The fraction of sp³-hybridized carbons (Fsp3) is 0.139. The molecule has 0 spiro atoms. The van der Waals surface area contributed by atoms with E-state index in [9.17, 15) is 9.59 Å². The van der Waals surface area contributed by atoms with Crippen LogP contribution in [0.2, 0.25) is 0 Å². The van der Waals surface area contributed by atoms with Crippen LogP contribution in [-0.4, -0.2) is 24.7 Å². The number of ether oxygens (including phenoxy) is 3. The number of amides is 1. The SMILES string of the molecule is COc1ccc([C@@H]2C(C(=O)Nc3ccccc3)=C(C)N=c3s/c(=C\c4ccc(OCc5ccccc5)cc4)c(=O)n32)c(OC)c1. The lowest BCUT2D eigenvalue weighted by atomic mass is 9.94. The van der Waals surface area contributed by atoms with Crippen molar-refractivity contribution in [2.75, 3.05) is 19.5 Å². The number of allylic oxidation sites excluding steroid dienone is 1. The van der Waals surface area contributed by atoms with Crippen LogP contribution >= 0.6 is 11.3 Å². The largest absolute Gasteiger partial charge is 0.497 e. The van der Waals surface area contributed by atoms with Gasteiger partial charge in [0.05, 0.1) is 30.0 Å². The number of nitrogens with one attached hydrogen (secondary N) is 1. The van der Waals surface area contributed by atoms with Crippen molar-refractivity contribution in [3.63, 3.8) is 0 Å². The van der Waals surface area contributed by atoms with Crippen LogP contribution in [0.15, 0.2) is 124 Å². The van der Waals surface area contributed by atoms with Crippen LogP contribution in [0.25, 0.3) is 6.08 Å². The minimum atomic E-state index is -0.790. The van der Waals surface area contributed by atoms with Crippen molar-refractivity contribution in [3.05, 3.63) is 151 Å². The topological polar surface area (TPSA) is 91.2 Å². The van der Waals surface area contributed by atoms with Gasteiger partial charge in [0.15, 0.2) is 4.80 Å². The highest BCUT2D eigenvalue weighted by molar-refractivity contribution is 7.07. The van der Waals surface area contributed by atoms with Gasteiger partial charge < -0.3 is 19.5 Å². The third-order valence-corrected chi connectivity index (χ3v) is 8.44. The number of thiazole rings is 1. The normalized spacial score (nSPS) is 14.4. The Bertz CT molecular complexity index is 2050. The molecular weight excluding hydrogens is 586 g/mol. The number of hydrogen-bond donors (Lipinski definition) is 1. The summed E-state index contributed by atoms with van der Waals surface area (Å²) in [4.78, 5) is 33.2. The van der Waals surface area contributed by atoms with Crippen molar-refractivity contribution in [1.82, 2.24) is 4.57 Å². The van der Waals surface area contributed by atoms with Crippen molar-refractivity contribution in [2.45, 2.75) is 19.6 Å². The zero-order valence-corrected chi connectivity index (χ0v) is 25.8. The summed E-state index contributed by atoms with van der Waals surface area (Å²) in [5, 5.41) is 2.97. The number of carbonyl (C=O) groups excluding carboxylic acids is 1. The predicted octanol–water partition coefficient (Wildman–Crippen LogP) is 5.47. The molecule has 4 aromatic carbocycles. The molecule has 5 aromatic rings. The first kappa shape index (κ1) is 29.7. The summed E-state index contributed by atoms with van der Waals surface area (Å²) < 4.78 is 19.1. The number of carbonyl (C=O) groups is 1. The summed E-state index contributed by atoms with van der Waals surface area (Å²) in [6.45, 7) is 2.25. The number of nitrogens with zero attached hydrogens (tertiary/aromatic N) is 2. The first-order valence-corrected chi connectivity index (χ1v) is 15.1. The zero-order chi connectivity index (χ0) is 31.3. The number of para-hydroxylation sites is 1. The Morgan fingerprint density at radius 2 is 1.60 bits per heavy atom. The second-order valence-corrected chi connectivity index (χ2v) is 11.4. The molecule has 8 nitrogen and oxygen atoms in total. The molecule has 6 rings (SSSR count). The predicted molar refractivity (Wildman–Crippen MR) is 176 cm³/mol. The average Bonchev–Trinajstić information content (AvgIpc) is 3.37. The van der Waals surface area contributed by atoms with Gasteiger partial charge in [-0.2, -0.15) is 0 Å². The molecule has 1 aliphatic heterocycles. The molecule has 0 aliphatic carbocycles. The van der Waals surface area contributed by atoms with Gasteiger partial charge in [-0.15, -0.1) is 0 Å². The Balaban J connectivity index is 1.40. The Morgan fingerprint density at radius 1 is 0.911 bits per heavy atom. The van der Waals surface area contributed by atoms with E-state index in [2.05, 4.69) is 5.32 Å². The molecule has 0 saturated heterocycles. The van der Waals surface area contributed by atoms with Gasteiger partial charge in [-0.25, -0.2) is 4.99 Å². The number of anilines is 1. The zero-order valence-electron chi connectivity index (χ0n) is 25.0. The van der Waals surface area contributed by atoms with E-state index in [0.717, 1.165) is 16.9 Å². The minimum absolute atomic E-state index is 0.261. The molecule has 0 fully saturated rings. The lowest BCUT2D eigenvalue weighted by Crippen LogP contribution is -2.40. The van der Waals surface area contributed by atoms with Crippen molar-refractivity contribution >= 4 is 29.0 Å². The number of rotatable bonds is 9. The van der Waals surface area contributed by atoms with Crippen LogP contribution in [0.5, 0.6) is 17.2 Å². The molecule has 1 aromatic heterocycles. The van der Waals surface area contributed by atoms with Gasteiger partial charge in [0.1, 0.15) is 29.9 Å². The fourth-order valence-corrected chi connectivity index (χ4v) is 6.27. The summed E-state index contributed by atoms with van der Waals surface area (Å²) in [5.74, 6) is 1.45. The molecule has 0 radical (unpaired) electrons. The minimum Gasteiger partial charge on any atom is -0.497 e. The Labute approximate surface area is 264 Å². The second kappa shape index (κ2) is 13.1. The third-order valence-electron chi connectivity index (χ3n) is 7.46. The molecule has 1 aliphatic rings. The van der Waals surface area contributed by atoms with Gasteiger partial charge >= 0.3 is 0 Å². The van der Waals surface area contributed by atoms with Crippen LogP contribution in [0.3, 0.4) is 0 Å². The Kier molecular flexibility index (Phi) is 8.61. The third kappa shape index (κ3) is 6.30. The number of benzene rings is 4. The van der Waals surface area contributed by atoms with E-state index < -0.39 is 6.04 Å². The van der Waals surface area contributed by atoms with Gasteiger partial charge in [0.25, 0.3) is 11.5 Å². The maximum absolute atomic E-state index is 14.1. The van der Waals surface area contributed by atoms with Gasteiger partial charge in [-0.1, -0.05) is 72.0 Å². The first-order valence-electron chi connectivity index (χ1n) is 14.3. The summed E-state index contributed by atoms with van der Waals surface area (Å²) >= 11 is 1.28. The average molecular weight is 618 g/mol. The number of aromatic nitrogens is 1. The standard InChI is InChI=1S/C36H31N3O5S/c1-23-32(34(40)38-26-12-8-5-9-13-26)33(29-19-18-28(42-2)21-30(29)43-3)39-35(41)31(45-36(39)37-23)20-24-14-16-27(17-15-24)44-22-25-10-6-4-7-11-25/h4-21,33H,22H2,1-3H3,(H,38,40)/b31-20-/t33-/m1/s1. The summed E-state index contributed by atoms with van der Waals surface area (Å²) in [7, 11) is 3.12. The maximum atomic E-state index is 14.1. The second-order valence-electron chi connectivity index (χ2n) is 10.4. The first-order chi connectivity index (χ1) is 21.9. The van der Waals surface area contributed by atoms with E-state index in [1.54, 1.807) is 37.8 Å². The molecule has 226 valence electrons. The van der Waals surface area contributed by atoms with E-state index in [4.69, 9.17) is 19.2 Å². The van der Waals surface area contributed by atoms with Crippen LogP contribution < -0.4 is 34.4 Å². The van der Waals surface area contributed by atoms with Crippen LogP contribution in [-0.2, 0) is 11.4 Å². The molecule has 45 heavy (non-hydrogen) atoms. The van der Waals surface area contributed by atoms with Gasteiger partial charge in [0, 0.05) is 17.3 Å². The van der Waals surface area contributed by atoms with Crippen molar-refractivity contribution in [3.8, 4) is 17.2 Å². The molecule has 0 unspecified atom stereocenters. The number of fused-ring (bicyclic) bond motifs is 1. The quantitative estimate of drug-likeness (QED) is 0.237. The molecule has 1 N–H and O–H groups in total. The molecule has 1 amide bonds.